The van der Waals surface area contributed by atoms with Crippen LogP contribution in [0.3, 0.4) is 0 Å². The van der Waals surface area contributed by atoms with Gasteiger partial charge in [0.2, 0.25) is 0 Å². The molecule has 0 saturated heterocycles. The van der Waals surface area contributed by atoms with Gasteiger partial charge in [0.1, 0.15) is 17.0 Å². The summed E-state index contributed by atoms with van der Waals surface area (Å²) in [6.45, 7) is 12.0. The average Bonchev–Trinajstić information content (AvgIpc) is 3.09. The van der Waals surface area contributed by atoms with E-state index in [1.807, 2.05) is 77.3 Å². The predicted molar refractivity (Wildman–Crippen MR) is 118 cm³/mol. The maximum Gasteiger partial charge on any atom is 0.416 e. The molecule has 6 nitrogen and oxygen atoms in total. The van der Waals surface area contributed by atoms with Gasteiger partial charge in [-0.25, -0.2) is 14.8 Å². The molecule has 0 spiro atoms. The highest BCUT2D eigenvalue weighted by atomic mass is 32.1. The van der Waals surface area contributed by atoms with Gasteiger partial charge >= 0.3 is 6.09 Å². The Balaban J connectivity index is 1.99. The first-order valence-corrected chi connectivity index (χ1v) is 10.6. The van der Waals surface area contributed by atoms with E-state index in [4.69, 9.17) is 14.5 Å². The van der Waals surface area contributed by atoms with E-state index >= 15 is 0 Å². The zero-order valence-electron chi connectivity index (χ0n) is 17.7. The van der Waals surface area contributed by atoms with Crippen LogP contribution >= 0.6 is 11.3 Å². The summed E-state index contributed by atoms with van der Waals surface area (Å²) in [5.41, 5.74) is 1.68. The van der Waals surface area contributed by atoms with Crippen LogP contribution in [0.5, 0.6) is 5.75 Å². The van der Waals surface area contributed by atoms with Gasteiger partial charge in [0.05, 0.1) is 17.8 Å². The highest BCUT2D eigenvalue weighted by molar-refractivity contribution is 7.14. The van der Waals surface area contributed by atoms with Crippen molar-refractivity contribution in [1.29, 1.82) is 0 Å². The molecular formula is C22H27N3O3S. The van der Waals surface area contributed by atoms with Crippen LogP contribution in [0.15, 0.2) is 35.7 Å². The van der Waals surface area contributed by atoms with Crippen molar-refractivity contribution in [3.05, 3.63) is 35.7 Å². The third kappa shape index (κ3) is 4.85. The van der Waals surface area contributed by atoms with Crippen molar-refractivity contribution in [1.82, 2.24) is 9.97 Å². The summed E-state index contributed by atoms with van der Waals surface area (Å²) in [5, 5.41) is 3.45. The van der Waals surface area contributed by atoms with E-state index in [9.17, 15) is 4.79 Å². The molecule has 0 fully saturated rings. The number of fused-ring (bicyclic) bond motifs is 1. The monoisotopic (exact) mass is 413 g/mol. The zero-order chi connectivity index (χ0) is 21.2. The second kappa shape index (κ2) is 8.37. The molecule has 3 aromatic rings. The fraction of sp³-hybridized carbons (Fsp3) is 0.409. The quantitative estimate of drug-likeness (QED) is 0.520. The van der Waals surface area contributed by atoms with Gasteiger partial charge in [0.25, 0.3) is 0 Å². The normalized spacial score (nSPS) is 11.7. The van der Waals surface area contributed by atoms with Gasteiger partial charge in [0.15, 0.2) is 5.13 Å². The van der Waals surface area contributed by atoms with Crippen molar-refractivity contribution in [3.8, 4) is 17.1 Å². The van der Waals surface area contributed by atoms with Gasteiger partial charge in [-0.3, -0.25) is 4.90 Å². The standard InChI is InChI=1S/C22H27N3O3S/c1-7-27-19-12-17(23-16-11-9-8-10-15(16)19)18-13-29-20(24-18)25(14(2)3)21(26)28-22(4,5)6/h8-14H,7H2,1-6H3. The first-order valence-electron chi connectivity index (χ1n) is 9.70. The fourth-order valence-electron chi connectivity index (χ4n) is 2.86. The largest absolute Gasteiger partial charge is 0.493 e. The van der Waals surface area contributed by atoms with E-state index in [1.165, 1.54) is 11.3 Å². The van der Waals surface area contributed by atoms with Crippen LogP contribution in [-0.2, 0) is 4.74 Å². The van der Waals surface area contributed by atoms with Crippen LogP contribution in [0.25, 0.3) is 22.3 Å². The Morgan fingerprint density at radius 1 is 1.17 bits per heavy atom. The lowest BCUT2D eigenvalue weighted by molar-refractivity contribution is 0.0570. The lowest BCUT2D eigenvalue weighted by atomic mass is 10.1. The predicted octanol–water partition coefficient (Wildman–Crippen LogP) is 5.91. The molecule has 0 saturated carbocycles. The number of hydrogen-bond donors (Lipinski definition) is 0. The number of amides is 1. The molecule has 7 heteroatoms. The first-order chi connectivity index (χ1) is 13.7. The van der Waals surface area contributed by atoms with Crippen molar-refractivity contribution in [3.63, 3.8) is 0 Å². The topological polar surface area (TPSA) is 64.5 Å². The van der Waals surface area contributed by atoms with Crippen molar-refractivity contribution in [2.75, 3.05) is 11.5 Å². The number of pyridine rings is 1. The Bertz CT molecular complexity index is 1010. The van der Waals surface area contributed by atoms with Gasteiger partial charge in [-0.1, -0.05) is 12.1 Å². The van der Waals surface area contributed by atoms with Crippen LogP contribution in [-0.4, -0.2) is 34.3 Å². The fourth-order valence-corrected chi connectivity index (χ4v) is 3.80. The van der Waals surface area contributed by atoms with Gasteiger partial charge < -0.3 is 9.47 Å². The Hall–Kier alpha value is -2.67. The number of rotatable bonds is 5. The summed E-state index contributed by atoms with van der Waals surface area (Å²) < 4.78 is 11.4. The number of para-hydroxylation sites is 1. The summed E-state index contributed by atoms with van der Waals surface area (Å²) in [5.74, 6) is 0.774. The summed E-state index contributed by atoms with van der Waals surface area (Å²) in [6.07, 6.45) is -0.408. The average molecular weight is 414 g/mol. The Morgan fingerprint density at radius 3 is 2.55 bits per heavy atom. The number of anilines is 1. The number of hydrogen-bond acceptors (Lipinski definition) is 6. The smallest absolute Gasteiger partial charge is 0.416 e. The second-order valence-corrected chi connectivity index (χ2v) is 8.75. The molecule has 0 N–H and O–H groups in total. The maximum atomic E-state index is 12.7. The van der Waals surface area contributed by atoms with E-state index in [-0.39, 0.29) is 6.04 Å². The molecule has 0 aliphatic carbocycles. The van der Waals surface area contributed by atoms with Crippen LogP contribution in [0, 0.1) is 0 Å². The van der Waals surface area contributed by atoms with Gasteiger partial charge in [-0.2, -0.15) is 0 Å². The van der Waals surface area contributed by atoms with Gasteiger partial charge in [-0.05, 0) is 53.7 Å². The minimum Gasteiger partial charge on any atom is -0.493 e. The van der Waals surface area contributed by atoms with Crippen molar-refractivity contribution >= 4 is 33.5 Å². The molecular weight excluding hydrogens is 386 g/mol. The molecule has 29 heavy (non-hydrogen) atoms. The molecule has 0 atom stereocenters. The number of benzene rings is 1. The van der Waals surface area contributed by atoms with Gasteiger partial charge in [-0.15, -0.1) is 11.3 Å². The van der Waals surface area contributed by atoms with Crippen LogP contribution in [0.4, 0.5) is 9.93 Å². The number of nitrogens with zero attached hydrogens (tertiary/aromatic N) is 3. The molecule has 0 aliphatic heterocycles. The molecule has 2 heterocycles. The van der Waals surface area contributed by atoms with E-state index in [0.29, 0.717) is 23.1 Å². The zero-order valence-corrected chi connectivity index (χ0v) is 18.5. The lowest BCUT2D eigenvalue weighted by Gasteiger charge is -2.28. The number of carbonyl (C=O) groups is 1. The van der Waals surface area contributed by atoms with Crippen molar-refractivity contribution in [2.24, 2.45) is 0 Å². The van der Waals surface area contributed by atoms with E-state index in [0.717, 1.165) is 16.7 Å². The van der Waals surface area contributed by atoms with Crippen LogP contribution in [0.1, 0.15) is 41.5 Å². The SMILES string of the molecule is CCOc1cc(-c2csc(N(C(=O)OC(C)(C)C)C(C)C)n2)nc2ccccc12. The molecule has 3 rings (SSSR count). The third-order valence-electron chi connectivity index (χ3n) is 4.05. The van der Waals surface area contributed by atoms with Crippen LogP contribution < -0.4 is 9.64 Å². The summed E-state index contributed by atoms with van der Waals surface area (Å²) in [7, 11) is 0. The number of thiazole rings is 1. The summed E-state index contributed by atoms with van der Waals surface area (Å²) in [6, 6.07) is 9.67. The molecule has 154 valence electrons. The lowest BCUT2D eigenvalue weighted by Crippen LogP contribution is -2.41. The Kier molecular flexibility index (Phi) is 6.07. The maximum absolute atomic E-state index is 12.7. The third-order valence-corrected chi connectivity index (χ3v) is 4.89. The van der Waals surface area contributed by atoms with E-state index in [1.54, 1.807) is 4.90 Å². The van der Waals surface area contributed by atoms with E-state index < -0.39 is 11.7 Å². The Labute approximate surface area is 175 Å². The highest BCUT2D eigenvalue weighted by Gasteiger charge is 2.28. The second-order valence-electron chi connectivity index (χ2n) is 7.92. The molecule has 1 amide bonds. The summed E-state index contributed by atoms with van der Waals surface area (Å²) >= 11 is 1.39. The Morgan fingerprint density at radius 2 is 1.90 bits per heavy atom. The van der Waals surface area contributed by atoms with Crippen LogP contribution in [0.2, 0.25) is 0 Å². The first kappa shape index (κ1) is 21.0. The number of ether oxygens (including phenoxy) is 2. The van der Waals surface area contributed by atoms with Crippen molar-refractivity contribution < 1.29 is 14.3 Å². The summed E-state index contributed by atoms with van der Waals surface area (Å²) in [4.78, 5) is 23.7. The molecule has 1 aromatic carbocycles. The number of aromatic nitrogens is 2. The minimum absolute atomic E-state index is 0.0904. The highest BCUT2D eigenvalue weighted by Crippen LogP contribution is 2.33. The van der Waals surface area contributed by atoms with E-state index in [2.05, 4.69) is 4.98 Å². The molecule has 2 aromatic heterocycles. The molecule has 0 radical (unpaired) electrons. The molecule has 0 unspecified atom stereocenters. The molecule has 0 aliphatic rings. The number of carbonyl (C=O) groups excluding carboxylic acids is 1. The molecule has 0 bridgehead atoms. The van der Waals surface area contributed by atoms with Gasteiger partial charge in [0, 0.05) is 22.9 Å². The van der Waals surface area contributed by atoms with Crippen molar-refractivity contribution in [2.45, 2.75) is 53.2 Å². The minimum atomic E-state index is -0.573.